The van der Waals surface area contributed by atoms with E-state index in [0.29, 0.717) is 30.4 Å². The number of carbonyl (C=O) groups is 1. The Morgan fingerprint density at radius 2 is 1.92 bits per heavy atom. The number of methoxy groups -OCH3 is 2. The standard InChI is InChI=1S/C18H26N4O4/c1-6-26-17-14(24-4)7-12(8-15(17)25-5)9-20-18(23)16(19-2)13-10-21-22(3)11-13/h7-8,10-11,16,19H,6,9H2,1-5H3,(H,20,23). The number of hydrogen-bond donors (Lipinski definition) is 2. The smallest absolute Gasteiger partial charge is 0.242 e. The van der Waals surface area contributed by atoms with E-state index in [4.69, 9.17) is 14.2 Å². The maximum Gasteiger partial charge on any atom is 0.242 e. The van der Waals surface area contributed by atoms with Crippen LogP contribution in [0.5, 0.6) is 17.2 Å². The van der Waals surface area contributed by atoms with E-state index in [9.17, 15) is 4.79 Å². The van der Waals surface area contributed by atoms with Crippen molar-refractivity contribution >= 4 is 5.91 Å². The van der Waals surface area contributed by atoms with E-state index in [0.717, 1.165) is 11.1 Å². The molecular weight excluding hydrogens is 336 g/mol. The summed E-state index contributed by atoms with van der Waals surface area (Å²) in [5.41, 5.74) is 1.64. The second-order valence-electron chi connectivity index (χ2n) is 5.65. The number of likely N-dealkylation sites (N-methyl/N-ethyl adjacent to an activating group) is 1. The zero-order valence-corrected chi connectivity index (χ0v) is 15.8. The second-order valence-corrected chi connectivity index (χ2v) is 5.65. The lowest BCUT2D eigenvalue weighted by Gasteiger charge is -2.17. The van der Waals surface area contributed by atoms with Crippen molar-refractivity contribution in [1.82, 2.24) is 20.4 Å². The molecule has 0 aliphatic carbocycles. The summed E-state index contributed by atoms with van der Waals surface area (Å²) in [6, 6.07) is 3.17. The van der Waals surface area contributed by atoms with Crippen molar-refractivity contribution < 1.29 is 19.0 Å². The Labute approximate surface area is 153 Å². The predicted molar refractivity (Wildman–Crippen MR) is 97.6 cm³/mol. The van der Waals surface area contributed by atoms with E-state index < -0.39 is 6.04 Å². The summed E-state index contributed by atoms with van der Waals surface area (Å²) in [6.45, 7) is 2.72. The van der Waals surface area contributed by atoms with Crippen molar-refractivity contribution in [2.75, 3.05) is 27.9 Å². The molecule has 1 aromatic carbocycles. The minimum atomic E-state index is -0.477. The molecular formula is C18H26N4O4. The number of benzene rings is 1. The molecule has 8 nitrogen and oxygen atoms in total. The fourth-order valence-electron chi connectivity index (χ4n) is 2.65. The van der Waals surface area contributed by atoms with Crippen LogP contribution in [0.2, 0.25) is 0 Å². The SMILES string of the molecule is CCOc1c(OC)cc(CNC(=O)C(NC)c2cnn(C)c2)cc1OC. The molecule has 0 aliphatic rings. The Morgan fingerprint density at radius 1 is 1.27 bits per heavy atom. The first kappa shape index (κ1) is 19.6. The molecule has 142 valence electrons. The zero-order chi connectivity index (χ0) is 19.1. The molecule has 0 saturated heterocycles. The number of rotatable bonds is 9. The number of amides is 1. The van der Waals surface area contributed by atoms with Gasteiger partial charge in [0.1, 0.15) is 6.04 Å². The minimum Gasteiger partial charge on any atom is -0.493 e. The quantitative estimate of drug-likeness (QED) is 0.701. The summed E-state index contributed by atoms with van der Waals surface area (Å²) in [5.74, 6) is 1.53. The average molecular weight is 362 g/mol. The van der Waals surface area contributed by atoms with Crippen LogP contribution in [0.1, 0.15) is 24.1 Å². The Hall–Kier alpha value is -2.74. The van der Waals surface area contributed by atoms with Gasteiger partial charge in [-0.1, -0.05) is 0 Å². The molecule has 0 bridgehead atoms. The van der Waals surface area contributed by atoms with E-state index in [1.807, 2.05) is 32.3 Å². The molecule has 0 spiro atoms. The van der Waals surface area contributed by atoms with Gasteiger partial charge in [-0.15, -0.1) is 0 Å². The van der Waals surface area contributed by atoms with Crippen LogP contribution in [0.25, 0.3) is 0 Å². The number of aryl methyl sites for hydroxylation is 1. The van der Waals surface area contributed by atoms with Crippen LogP contribution in [0.3, 0.4) is 0 Å². The molecule has 2 N–H and O–H groups in total. The summed E-state index contributed by atoms with van der Waals surface area (Å²) in [7, 11) is 6.69. The molecule has 2 aromatic rings. The summed E-state index contributed by atoms with van der Waals surface area (Å²) >= 11 is 0. The third-order valence-corrected chi connectivity index (χ3v) is 3.88. The first-order valence-corrected chi connectivity index (χ1v) is 8.35. The van der Waals surface area contributed by atoms with Crippen LogP contribution in [0.15, 0.2) is 24.5 Å². The molecule has 1 unspecified atom stereocenters. The van der Waals surface area contributed by atoms with Crippen molar-refractivity contribution in [1.29, 1.82) is 0 Å². The van der Waals surface area contributed by atoms with Crippen molar-refractivity contribution in [2.24, 2.45) is 7.05 Å². The van der Waals surface area contributed by atoms with Gasteiger partial charge in [0.05, 0.1) is 27.0 Å². The third kappa shape index (κ3) is 4.45. The van der Waals surface area contributed by atoms with Gasteiger partial charge in [-0.2, -0.15) is 5.10 Å². The first-order valence-electron chi connectivity index (χ1n) is 8.35. The second kappa shape index (κ2) is 9.10. The largest absolute Gasteiger partial charge is 0.493 e. The third-order valence-electron chi connectivity index (χ3n) is 3.88. The molecule has 0 radical (unpaired) electrons. The van der Waals surface area contributed by atoms with Gasteiger partial charge >= 0.3 is 0 Å². The van der Waals surface area contributed by atoms with Gasteiger partial charge in [-0.25, -0.2) is 0 Å². The Balaban J connectivity index is 2.13. The molecule has 1 atom stereocenters. The number of hydrogen-bond acceptors (Lipinski definition) is 6. The average Bonchev–Trinajstić information content (AvgIpc) is 3.07. The van der Waals surface area contributed by atoms with Gasteiger partial charge in [0.25, 0.3) is 0 Å². The minimum absolute atomic E-state index is 0.146. The number of ether oxygens (including phenoxy) is 3. The molecule has 26 heavy (non-hydrogen) atoms. The lowest BCUT2D eigenvalue weighted by Crippen LogP contribution is -2.35. The highest BCUT2D eigenvalue weighted by Crippen LogP contribution is 2.38. The Morgan fingerprint density at radius 3 is 2.38 bits per heavy atom. The van der Waals surface area contributed by atoms with Crippen LogP contribution >= 0.6 is 0 Å². The molecule has 1 amide bonds. The highest BCUT2D eigenvalue weighted by molar-refractivity contribution is 5.83. The fraction of sp³-hybridized carbons (Fsp3) is 0.444. The van der Waals surface area contributed by atoms with Crippen LogP contribution in [0, 0.1) is 0 Å². The van der Waals surface area contributed by atoms with Crippen molar-refractivity contribution in [3.8, 4) is 17.2 Å². The number of nitrogens with one attached hydrogen (secondary N) is 2. The van der Waals surface area contributed by atoms with Crippen molar-refractivity contribution in [3.63, 3.8) is 0 Å². The maximum absolute atomic E-state index is 12.5. The topological polar surface area (TPSA) is 86.6 Å². The summed E-state index contributed by atoms with van der Waals surface area (Å²) in [4.78, 5) is 12.5. The summed E-state index contributed by atoms with van der Waals surface area (Å²) in [5, 5.41) is 10.0. The van der Waals surface area contributed by atoms with Crippen LogP contribution in [-0.4, -0.2) is 43.6 Å². The lowest BCUT2D eigenvalue weighted by molar-refractivity contribution is -0.123. The van der Waals surface area contributed by atoms with Gasteiger partial charge in [0.2, 0.25) is 11.7 Å². The predicted octanol–water partition coefficient (Wildman–Crippen LogP) is 1.41. The van der Waals surface area contributed by atoms with Crippen LogP contribution in [-0.2, 0) is 18.4 Å². The fourth-order valence-corrected chi connectivity index (χ4v) is 2.65. The van der Waals surface area contributed by atoms with E-state index >= 15 is 0 Å². The van der Waals surface area contributed by atoms with Gasteiger partial charge in [0.15, 0.2) is 11.5 Å². The molecule has 0 fully saturated rings. The molecule has 0 saturated carbocycles. The molecule has 2 rings (SSSR count). The van der Waals surface area contributed by atoms with E-state index in [1.54, 1.807) is 32.1 Å². The van der Waals surface area contributed by atoms with Crippen molar-refractivity contribution in [2.45, 2.75) is 19.5 Å². The number of aromatic nitrogens is 2. The Bertz CT molecular complexity index is 720. The molecule has 1 heterocycles. The van der Waals surface area contributed by atoms with Gasteiger partial charge in [-0.05, 0) is 31.7 Å². The highest BCUT2D eigenvalue weighted by atomic mass is 16.5. The van der Waals surface area contributed by atoms with E-state index in [2.05, 4.69) is 15.7 Å². The normalized spacial score (nSPS) is 11.7. The maximum atomic E-state index is 12.5. The first-order chi connectivity index (χ1) is 12.5. The zero-order valence-electron chi connectivity index (χ0n) is 15.8. The summed E-state index contributed by atoms with van der Waals surface area (Å²) < 4.78 is 18.0. The van der Waals surface area contributed by atoms with Gasteiger partial charge in [0, 0.05) is 25.4 Å². The lowest BCUT2D eigenvalue weighted by atomic mass is 10.1. The van der Waals surface area contributed by atoms with E-state index in [1.165, 1.54) is 0 Å². The molecule has 0 aliphatic heterocycles. The number of carbonyl (C=O) groups excluding carboxylic acids is 1. The molecule has 1 aromatic heterocycles. The molecule has 8 heteroatoms. The van der Waals surface area contributed by atoms with Crippen LogP contribution in [0.4, 0.5) is 0 Å². The van der Waals surface area contributed by atoms with Crippen molar-refractivity contribution in [3.05, 3.63) is 35.7 Å². The number of nitrogens with zero attached hydrogens (tertiary/aromatic N) is 2. The monoisotopic (exact) mass is 362 g/mol. The highest BCUT2D eigenvalue weighted by Gasteiger charge is 2.20. The van der Waals surface area contributed by atoms with Crippen LogP contribution < -0.4 is 24.8 Å². The van der Waals surface area contributed by atoms with E-state index in [-0.39, 0.29) is 5.91 Å². The van der Waals surface area contributed by atoms with Gasteiger partial charge in [-0.3, -0.25) is 9.48 Å². The summed E-state index contributed by atoms with van der Waals surface area (Å²) in [6.07, 6.45) is 3.48. The Kier molecular flexibility index (Phi) is 6.85. The van der Waals surface area contributed by atoms with Gasteiger partial charge < -0.3 is 24.8 Å².